The van der Waals surface area contributed by atoms with Crippen molar-refractivity contribution >= 4 is 17.9 Å². The molecule has 0 saturated heterocycles. The first-order valence-electron chi connectivity index (χ1n) is 7.48. The van der Waals surface area contributed by atoms with E-state index in [9.17, 15) is 4.79 Å². The van der Waals surface area contributed by atoms with E-state index >= 15 is 0 Å². The van der Waals surface area contributed by atoms with E-state index in [0.717, 1.165) is 5.75 Å². The quantitative estimate of drug-likeness (QED) is 0.779. The number of fused-ring (bicyclic) bond motifs is 1. The van der Waals surface area contributed by atoms with Crippen molar-refractivity contribution in [2.24, 2.45) is 0 Å². The zero-order valence-electron chi connectivity index (χ0n) is 12.6. The first kappa shape index (κ1) is 15.0. The number of carbonyl (C=O) groups is 1. The van der Waals surface area contributed by atoms with Crippen LogP contribution in [-0.4, -0.2) is 23.4 Å². The molecular weight excluding hydrogens is 294 g/mol. The highest BCUT2D eigenvalue weighted by Gasteiger charge is 2.34. The van der Waals surface area contributed by atoms with Gasteiger partial charge in [-0.1, -0.05) is 42.5 Å². The summed E-state index contributed by atoms with van der Waals surface area (Å²) < 4.78 is 5.22. The number of hydrogen-bond donors (Lipinski definition) is 0. The van der Waals surface area contributed by atoms with Gasteiger partial charge in [0.1, 0.15) is 0 Å². The summed E-state index contributed by atoms with van der Waals surface area (Å²) in [5, 5.41) is 0. The summed E-state index contributed by atoms with van der Waals surface area (Å²) in [5.74, 6) is 0.833. The van der Waals surface area contributed by atoms with Crippen LogP contribution in [0.2, 0.25) is 0 Å². The van der Waals surface area contributed by atoms with E-state index < -0.39 is 0 Å². The maximum Gasteiger partial charge on any atom is 0.410 e. The fraction of sp³-hybridized carbons (Fsp3) is 0.278. The predicted molar refractivity (Wildman–Crippen MR) is 88.9 cm³/mol. The first-order chi connectivity index (χ1) is 10.8. The number of thioether (sulfide) groups is 1. The van der Waals surface area contributed by atoms with Crippen LogP contribution in [0.3, 0.4) is 0 Å². The molecule has 0 N–H and O–H groups in total. The second kappa shape index (κ2) is 6.88. The van der Waals surface area contributed by atoms with E-state index in [1.807, 2.05) is 42.2 Å². The molecule has 0 aromatic heterocycles. The van der Waals surface area contributed by atoms with Crippen molar-refractivity contribution in [3.8, 4) is 0 Å². The SMILES string of the molecule is CCOC(=O)N1Cc2ccccc2C1CSc1ccccc1. The third kappa shape index (κ3) is 3.12. The van der Waals surface area contributed by atoms with Crippen LogP contribution in [0.1, 0.15) is 24.1 Å². The fourth-order valence-electron chi connectivity index (χ4n) is 2.73. The lowest BCUT2D eigenvalue weighted by Crippen LogP contribution is -2.31. The van der Waals surface area contributed by atoms with E-state index in [2.05, 4.69) is 24.3 Å². The number of ether oxygens (including phenoxy) is 1. The highest BCUT2D eigenvalue weighted by Crippen LogP contribution is 2.37. The summed E-state index contributed by atoms with van der Waals surface area (Å²) in [6.45, 7) is 2.88. The Bertz CT molecular complexity index is 645. The molecule has 114 valence electrons. The van der Waals surface area contributed by atoms with Gasteiger partial charge in [0.05, 0.1) is 19.2 Å². The summed E-state index contributed by atoms with van der Waals surface area (Å²) >= 11 is 1.77. The molecule has 22 heavy (non-hydrogen) atoms. The fourth-order valence-corrected chi connectivity index (χ4v) is 3.79. The normalized spacial score (nSPS) is 16.4. The summed E-state index contributed by atoms with van der Waals surface area (Å²) in [6, 6.07) is 18.6. The molecule has 0 radical (unpaired) electrons. The van der Waals surface area contributed by atoms with Crippen molar-refractivity contribution in [2.45, 2.75) is 24.4 Å². The molecule has 3 rings (SSSR count). The molecule has 1 aliphatic rings. The Morgan fingerprint density at radius 2 is 1.91 bits per heavy atom. The first-order valence-corrected chi connectivity index (χ1v) is 8.47. The molecule has 1 atom stereocenters. The zero-order valence-corrected chi connectivity index (χ0v) is 13.4. The Balaban J connectivity index is 1.79. The number of carbonyl (C=O) groups excluding carboxylic acids is 1. The topological polar surface area (TPSA) is 29.5 Å². The molecule has 2 aromatic carbocycles. The van der Waals surface area contributed by atoms with Crippen LogP contribution in [0.15, 0.2) is 59.5 Å². The summed E-state index contributed by atoms with van der Waals surface area (Å²) in [4.78, 5) is 15.3. The second-order valence-corrected chi connectivity index (χ2v) is 6.26. The largest absolute Gasteiger partial charge is 0.450 e. The zero-order chi connectivity index (χ0) is 15.4. The minimum Gasteiger partial charge on any atom is -0.450 e. The number of rotatable bonds is 4. The molecule has 1 unspecified atom stereocenters. The molecule has 1 heterocycles. The Morgan fingerprint density at radius 1 is 1.18 bits per heavy atom. The van der Waals surface area contributed by atoms with Crippen molar-refractivity contribution in [2.75, 3.05) is 12.4 Å². The van der Waals surface area contributed by atoms with E-state index in [-0.39, 0.29) is 12.1 Å². The lowest BCUT2D eigenvalue weighted by molar-refractivity contribution is 0.0969. The van der Waals surface area contributed by atoms with Crippen molar-refractivity contribution in [1.29, 1.82) is 0 Å². The average molecular weight is 313 g/mol. The standard InChI is InChI=1S/C18H19NO2S/c1-2-21-18(20)19-12-14-8-6-7-11-16(14)17(19)13-22-15-9-4-3-5-10-15/h3-11,17H,2,12-13H2,1H3. The van der Waals surface area contributed by atoms with Crippen molar-refractivity contribution in [3.63, 3.8) is 0 Å². The van der Waals surface area contributed by atoms with Crippen molar-refractivity contribution in [3.05, 3.63) is 65.7 Å². The molecule has 3 nitrogen and oxygen atoms in total. The second-order valence-electron chi connectivity index (χ2n) is 5.17. The maximum absolute atomic E-state index is 12.2. The van der Waals surface area contributed by atoms with Crippen LogP contribution in [0, 0.1) is 0 Å². The van der Waals surface area contributed by atoms with Gasteiger partial charge in [-0.15, -0.1) is 11.8 Å². The highest BCUT2D eigenvalue weighted by atomic mass is 32.2. The van der Waals surface area contributed by atoms with Gasteiger partial charge in [-0.2, -0.15) is 0 Å². The smallest absolute Gasteiger partial charge is 0.410 e. The van der Waals surface area contributed by atoms with Crippen molar-refractivity contribution < 1.29 is 9.53 Å². The number of nitrogens with zero attached hydrogens (tertiary/aromatic N) is 1. The molecule has 2 aromatic rings. The van der Waals surface area contributed by atoms with Gasteiger partial charge in [-0.25, -0.2) is 4.79 Å². The summed E-state index contributed by atoms with van der Waals surface area (Å²) in [7, 11) is 0. The molecule has 4 heteroatoms. The highest BCUT2D eigenvalue weighted by molar-refractivity contribution is 7.99. The van der Waals surface area contributed by atoms with Crippen LogP contribution in [-0.2, 0) is 11.3 Å². The summed E-state index contributed by atoms with van der Waals surface area (Å²) in [5.41, 5.74) is 2.45. The van der Waals surface area contributed by atoms with Crippen LogP contribution >= 0.6 is 11.8 Å². The minimum absolute atomic E-state index is 0.0699. The molecule has 0 spiro atoms. The van der Waals surface area contributed by atoms with Crippen LogP contribution in [0.25, 0.3) is 0 Å². The van der Waals surface area contributed by atoms with E-state index in [0.29, 0.717) is 13.2 Å². The lowest BCUT2D eigenvalue weighted by atomic mass is 10.1. The van der Waals surface area contributed by atoms with Crippen LogP contribution in [0.5, 0.6) is 0 Å². The van der Waals surface area contributed by atoms with Crippen LogP contribution in [0.4, 0.5) is 4.79 Å². The van der Waals surface area contributed by atoms with Crippen LogP contribution < -0.4 is 0 Å². The maximum atomic E-state index is 12.2. The van der Waals surface area contributed by atoms with E-state index in [1.165, 1.54) is 16.0 Å². The van der Waals surface area contributed by atoms with Gasteiger partial charge >= 0.3 is 6.09 Å². The Kier molecular flexibility index (Phi) is 4.68. The molecule has 0 saturated carbocycles. The average Bonchev–Trinajstić information content (AvgIpc) is 2.93. The molecular formula is C18H19NO2S. The predicted octanol–water partition coefficient (Wildman–Crippen LogP) is 4.49. The minimum atomic E-state index is -0.225. The Morgan fingerprint density at radius 3 is 2.68 bits per heavy atom. The van der Waals surface area contributed by atoms with Gasteiger partial charge < -0.3 is 4.74 Å². The van der Waals surface area contributed by atoms with Gasteiger partial charge in [0.2, 0.25) is 0 Å². The summed E-state index contributed by atoms with van der Waals surface area (Å²) in [6.07, 6.45) is -0.225. The number of hydrogen-bond acceptors (Lipinski definition) is 3. The molecule has 0 bridgehead atoms. The molecule has 0 fully saturated rings. The molecule has 0 aliphatic carbocycles. The van der Waals surface area contributed by atoms with Gasteiger partial charge in [0, 0.05) is 10.6 Å². The van der Waals surface area contributed by atoms with Gasteiger partial charge in [0.25, 0.3) is 0 Å². The molecule has 1 aliphatic heterocycles. The lowest BCUT2D eigenvalue weighted by Gasteiger charge is -2.24. The van der Waals surface area contributed by atoms with Gasteiger partial charge in [-0.3, -0.25) is 4.90 Å². The Labute approximate surface area is 135 Å². The third-order valence-electron chi connectivity index (χ3n) is 3.78. The third-order valence-corrected chi connectivity index (χ3v) is 4.87. The Hall–Kier alpha value is -1.94. The van der Waals surface area contributed by atoms with Crippen molar-refractivity contribution in [1.82, 2.24) is 4.90 Å². The van der Waals surface area contributed by atoms with Gasteiger partial charge in [-0.05, 0) is 30.2 Å². The van der Waals surface area contributed by atoms with E-state index in [4.69, 9.17) is 4.74 Å². The van der Waals surface area contributed by atoms with Gasteiger partial charge in [0.15, 0.2) is 0 Å². The van der Waals surface area contributed by atoms with E-state index in [1.54, 1.807) is 11.8 Å². The number of benzene rings is 2. The number of amides is 1. The monoisotopic (exact) mass is 313 g/mol. The molecule has 1 amide bonds.